The predicted molar refractivity (Wildman–Crippen MR) is 84.7 cm³/mol. The molecule has 0 aliphatic carbocycles. The number of hydrogen-bond acceptors (Lipinski definition) is 1. The Kier molecular flexibility index (Phi) is 9.73. The molecule has 0 spiro atoms. The van der Waals surface area contributed by atoms with Crippen molar-refractivity contribution in [3.8, 4) is 0 Å². The van der Waals surface area contributed by atoms with Gasteiger partial charge in [0, 0.05) is 19.4 Å². The molecule has 206 valence electrons. The highest BCUT2D eigenvalue weighted by Gasteiger charge is 2.94. The molecule has 0 saturated heterocycles. The summed E-state index contributed by atoms with van der Waals surface area (Å²) in [5.74, 6) is -60.9. The molecule has 1 N–H and O–H groups in total. The van der Waals surface area contributed by atoms with Gasteiger partial charge in [0.1, 0.15) is 0 Å². The van der Waals surface area contributed by atoms with E-state index in [1.807, 2.05) is 0 Å². The van der Waals surface area contributed by atoms with Gasteiger partial charge in [0.2, 0.25) is 0 Å². The van der Waals surface area contributed by atoms with Crippen LogP contribution in [-0.2, 0) is 0 Å². The molecule has 0 saturated carbocycles. The van der Waals surface area contributed by atoms with E-state index in [1.165, 1.54) is 0 Å². The highest BCUT2D eigenvalue weighted by molar-refractivity contribution is 5.15. The van der Waals surface area contributed by atoms with Crippen LogP contribution in [0.4, 0.5) is 70.2 Å². The zero-order valence-electron chi connectivity index (χ0n) is 17.2. The number of halogens is 16. The first-order chi connectivity index (χ1) is 14.9. The van der Waals surface area contributed by atoms with Gasteiger partial charge in [-0.3, -0.25) is 0 Å². The molecule has 0 radical (unpaired) electrons. The van der Waals surface area contributed by atoms with E-state index in [1.54, 1.807) is 6.92 Å². The molecule has 1 nitrogen and oxygen atoms in total. The van der Waals surface area contributed by atoms with Crippen LogP contribution in [0.5, 0.6) is 0 Å². The molecular formula is C17H20F16O. The van der Waals surface area contributed by atoms with Crippen LogP contribution in [0, 0.1) is 0 Å². The van der Waals surface area contributed by atoms with Crippen LogP contribution < -0.4 is 0 Å². The molecular weight excluding hydrogens is 524 g/mol. The molecule has 0 bridgehead atoms. The first-order valence-corrected chi connectivity index (χ1v) is 9.50. The van der Waals surface area contributed by atoms with Gasteiger partial charge in [-0.25, -0.2) is 0 Å². The highest BCUT2D eigenvalue weighted by Crippen LogP contribution is 2.64. The van der Waals surface area contributed by atoms with Gasteiger partial charge < -0.3 is 5.11 Å². The summed E-state index contributed by atoms with van der Waals surface area (Å²) in [5, 5.41) is 8.14. The Morgan fingerprint density at radius 2 is 0.706 bits per heavy atom. The first kappa shape index (κ1) is 32.8. The molecule has 0 aliphatic rings. The third kappa shape index (κ3) is 5.04. The fraction of sp³-hybridized carbons (Fsp3) is 1.00. The second-order valence-electron chi connectivity index (χ2n) is 7.49. The number of aliphatic hydroxyl groups excluding tert-OH is 1. The summed E-state index contributed by atoms with van der Waals surface area (Å²) >= 11 is 0. The van der Waals surface area contributed by atoms with Crippen LogP contribution in [0.3, 0.4) is 0 Å². The zero-order chi connectivity index (χ0) is 27.7. The Balaban J connectivity index is 6.34. The highest BCUT2D eigenvalue weighted by atomic mass is 19.4. The molecule has 0 heterocycles. The van der Waals surface area contributed by atoms with E-state index in [4.69, 9.17) is 5.11 Å². The SMILES string of the molecule is CCCCCCCC(F)(F)C(F)(F)C(F)(F)C(F)(F)C(F)(F)C(F)(F)C(F)(F)C(F)(F)CCO. The Bertz CT molecular complexity index is 658. The van der Waals surface area contributed by atoms with Gasteiger partial charge in [-0.05, 0) is 6.42 Å². The Morgan fingerprint density at radius 1 is 0.412 bits per heavy atom. The van der Waals surface area contributed by atoms with Crippen LogP contribution >= 0.6 is 0 Å². The third-order valence-electron chi connectivity index (χ3n) is 4.91. The maximum absolute atomic E-state index is 13.7. The summed E-state index contributed by atoms with van der Waals surface area (Å²) in [5.41, 5.74) is 0. The summed E-state index contributed by atoms with van der Waals surface area (Å²) in [6.45, 7) is -0.496. The van der Waals surface area contributed by atoms with Gasteiger partial charge in [-0.1, -0.05) is 32.6 Å². The van der Waals surface area contributed by atoms with Gasteiger partial charge in [0.15, 0.2) is 0 Å². The summed E-state index contributed by atoms with van der Waals surface area (Å²) in [4.78, 5) is 0. The molecule has 0 unspecified atom stereocenters. The molecule has 0 aliphatic heterocycles. The van der Waals surface area contributed by atoms with Crippen molar-refractivity contribution in [1.29, 1.82) is 0 Å². The second kappa shape index (κ2) is 10.1. The quantitative estimate of drug-likeness (QED) is 0.165. The van der Waals surface area contributed by atoms with Crippen LogP contribution in [0.2, 0.25) is 0 Å². The van der Waals surface area contributed by atoms with E-state index >= 15 is 0 Å². The van der Waals surface area contributed by atoms with Crippen molar-refractivity contribution in [1.82, 2.24) is 0 Å². The first-order valence-electron chi connectivity index (χ1n) is 9.50. The van der Waals surface area contributed by atoms with Gasteiger partial charge in [-0.2, -0.15) is 70.2 Å². The second-order valence-corrected chi connectivity index (χ2v) is 7.49. The monoisotopic (exact) mass is 544 g/mol. The van der Waals surface area contributed by atoms with Crippen LogP contribution in [0.15, 0.2) is 0 Å². The van der Waals surface area contributed by atoms with Crippen molar-refractivity contribution in [2.75, 3.05) is 6.61 Å². The Hall–Kier alpha value is -1.16. The Labute approximate surface area is 182 Å². The van der Waals surface area contributed by atoms with E-state index < -0.39 is 73.2 Å². The largest absolute Gasteiger partial charge is 0.396 e. The molecule has 34 heavy (non-hydrogen) atoms. The lowest BCUT2D eigenvalue weighted by molar-refractivity contribution is -0.453. The molecule has 0 aromatic rings. The van der Waals surface area contributed by atoms with Gasteiger partial charge in [0.05, 0.1) is 0 Å². The lowest BCUT2D eigenvalue weighted by Crippen LogP contribution is -2.74. The average Bonchev–Trinajstić information content (AvgIpc) is 2.66. The lowest BCUT2D eigenvalue weighted by Gasteiger charge is -2.43. The molecule has 0 rings (SSSR count). The van der Waals surface area contributed by atoms with Crippen molar-refractivity contribution in [3.63, 3.8) is 0 Å². The minimum atomic E-state index is -8.41. The minimum Gasteiger partial charge on any atom is -0.396 e. The van der Waals surface area contributed by atoms with E-state index in [2.05, 4.69) is 0 Å². The van der Waals surface area contributed by atoms with Crippen molar-refractivity contribution in [3.05, 3.63) is 0 Å². The molecule has 0 amide bonds. The maximum Gasteiger partial charge on any atom is 0.384 e. The van der Waals surface area contributed by atoms with Crippen LogP contribution in [0.1, 0.15) is 51.9 Å². The summed E-state index contributed by atoms with van der Waals surface area (Å²) < 4.78 is 217. The van der Waals surface area contributed by atoms with E-state index in [0.717, 1.165) is 0 Å². The van der Waals surface area contributed by atoms with Crippen molar-refractivity contribution in [2.24, 2.45) is 0 Å². The molecule has 0 aromatic heterocycles. The summed E-state index contributed by atoms with van der Waals surface area (Å²) in [6.07, 6.45) is -5.49. The van der Waals surface area contributed by atoms with Crippen molar-refractivity contribution < 1.29 is 75.4 Å². The average molecular weight is 544 g/mol. The molecule has 0 atom stereocenters. The van der Waals surface area contributed by atoms with Gasteiger partial charge >= 0.3 is 47.4 Å². The van der Waals surface area contributed by atoms with Crippen molar-refractivity contribution >= 4 is 0 Å². The zero-order valence-corrected chi connectivity index (χ0v) is 17.2. The topological polar surface area (TPSA) is 20.2 Å². The summed E-state index contributed by atoms with van der Waals surface area (Å²) in [6, 6.07) is 0. The van der Waals surface area contributed by atoms with Crippen molar-refractivity contribution in [2.45, 2.75) is 99.2 Å². The predicted octanol–water partition coefficient (Wildman–Crippen LogP) is 7.81. The number of unbranched alkanes of at least 4 members (excludes halogenated alkanes) is 4. The molecule has 0 aromatic carbocycles. The van der Waals surface area contributed by atoms with Crippen LogP contribution in [-0.4, -0.2) is 59.1 Å². The third-order valence-corrected chi connectivity index (χ3v) is 4.91. The number of alkyl halides is 16. The number of aliphatic hydroxyl groups is 1. The fourth-order valence-corrected chi connectivity index (χ4v) is 2.65. The van der Waals surface area contributed by atoms with E-state index in [0.29, 0.717) is 12.8 Å². The van der Waals surface area contributed by atoms with Gasteiger partial charge in [0.25, 0.3) is 0 Å². The standard InChI is InChI=1S/C17H20F16O/c1-2-3-4-5-6-7-10(18,19)12(22,23)14(26,27)16(30,31)17(32,33)15(28,29)13(24,25)11(20,21)8-9-34/h34H,2-9H2,1H3. The summed E-state index contributed by atoms with van der Waals surface area (Å²) in [7, 11) is 0. The lowest BCUT2D eigenvalue weighted by atomic mass is 9.86. The van der Waals surface area contributed by atoms with E-state index in [9.17, 15) is 70.2 Å². The van der Waals surface area contributed by atoms with E-state index in [-0.39, 0.29) is 12.8 Å². The smallest absolute Gasteiger partial charge is 0.384 e. The maximum atomic E-state index is 13.7. The van der Waals surface area contributed by atoms with Crippen LogP contribution in [0.25, 0.3) is 0 Å². The number of hydrogen-bond donors (Lipinski definition) is 1. The molecule has 0 fully saturated rings. The molecule has 17 heteroatoms. The van der Waals surface area contributed by atoms with Gasteiger partial charge in [-0.15, -0.1) is 0 Å². The normalized spacial score (nSPS) is 15.7. The fourth-order valence-electron chi connectivity index (χ4n) is 2.65. The number of rotatable bonds is 15. The Morgan fingerprint density at radius 3 is 1.03 bits per heavy atom. The minimum absolute atomic E-state index is 0.0894.